The van der Waals surface area contributed by atoms with Crippen molar-refractivity contribution in [3.63, 3.8) is 0 Å². The van der Waals surface area contributed by atoms with E-state index in [4.69, 9.17) is 0 Å². The summed E-state index contributed by atoms with van der Waals surface area (Å²) in [4.78, 5) is 14.3. The van der Waals surface area contributed by atoms with Gasteiger partial charge in [0.25, 0.3) is 0 Å². The molecule has 1 atom stereocenters. The highest BCUT2D eigenvalue weighted by atomic mass is 32.1. The third-order valence-electron chi connectivity index (χ3n) is 3.90. The van der Waals surface area contributed by atoms with Crippen molar-refractivity contribution in [3.05, 3.63) is 45.7 Å². The van der Waals surface area contributed by atoms with Crippen LogP contribution in [0.2, 0.25) is 0 Å². The fraction of sp³-hybridized carbons (Fsp3) is 0.500. The van der Waals surface area contributed by atoms with Gasteiger partial charge in [0.2, 0.25) is 0 Å². The minimum absolute atomic E-state index is 0.562. The first kappa shape index (κ1) is 13.7. The molecule has 0 spiro atoms. The number of likely N-dealkylation sites (tertiary alicyclic amines) is 1. The molecule has 1 fully saturated rings. The molecule has 3 nitrogen and oxygen atoms in total. The van der Waals surface area contributed by atoms with Crippen molar-refractivity contribution in [1.29, 1.82) is 0 Å². The second kappa shape index (κ2) is 6.02. The Morgan fingerprint density at radius 2 is 2.20 bits per heavy atom. The van der Waals surface area contributed by atoms with Crippen molar-refractivity contribution in [1.82, 2.24) is 14.9 Å². The van der Waals surface area contributed by atoms with E-state index in [9.17, 15) is 0 Å². The topological polar surface area (TPSA) is 29.0 Å². The van der Waals surface area contributed by atoms with Crippen LogP contribution in [0.4, 0.5) is 0 Å². The fourth-order valence-electron chi connectivity index (χ4n) is 2.93. The van der Waals surface area contributed by atoms with Crippen molar-refractivity contribution in [2.45, 2.75) is 39.2 Å². The monoisotopic (exact) mass is 287 g/mol. The molecule has 0 aliphatic carbocycles. The van der Waals surface area contributed by atoms with Crippen LogP contribution in [-0.2, 0) is 6.54 Å². The van der Waals surface area contributed by atoms with Crippen LogP contribution in [0.5, 0.6) is 0 Å². The third-order valence-corrected chi connectivity index (χ3v) is 4.88. The second-order valence-electron chi connectivity index (χ2n) is 5.62. The molecule has 0 radical (unpaired) electrons. The van der Waals surface area contributed by atoms with E-state index in [1.165, 1.54) is 34.8 Å². The summed E-state index contributed by atoms with van der Waals surface area (Å²) >= 11 is 1.91. The number of aryl methyl sites for hydroxylation is 2. The summed E-state index contributed by atoms with van der Waals surface area (Å²) < 4.78 is 0. The number of nitrogens with zero attached hydrogens (tertiary/aromatic N) is 3. The Hall–Kier alpha value is -1.26. The minimum Gasteiger partial charge on any atom is -0.298 e. The van der Waals surface area contributed by atoms with E-state index in [-0.39, 0.29) is 0 Å². The third kappa shape index (κ3) is 3.25. The van der Waals surface area contributed by atoms with E-state index in [1.54, 1.807) is 0 Å². The van der Waals surface area contributed by atoms with Crippen molar-refractivity contribution in [3.8, 4) is 0 Å². The van der Waals surface area contributed by atoms with Crippen LogP contribution >= 0.6 is 11.3 Å². The molecule has 106 valence electrons. The normalized spacial score (nSPS) is 20.2. The van der Waals surface area contributed by atoms with Gasteiger partial charge in [0.1, 0.15) is 5.82 Å². The summed E-state index contributed by atoms with van der Waals surface area (Å²) in [6, 6.07) is 6.56. The zero-order valence-corrected chi connectivity index (χ0v) is 13.0. The average molecular weight is 287 g/mol. The van der Waals surface area contributed by atoms with Crippen LogP contribution in [-0.4, -0.2) is 28.0 Å². The molecule has 0 N–H and O–H groups in total. The van der Waals surface area contributed by atoms with Gasteiger partial charge in [-0.05, 0) is 51.4 Å². The van der Waals surface area contributed by atoms with Crippen LogP contribution in [0.3, 0.4) is 0 Å². The number of thiophene rings is 1. The molecule has 20 heavy (non-hydrogen) atoms. The molecular formula is C16H21N3S. The summed E-state index contributed by atoms with van der Waals surface area (Å²) in [6.45, 7) is 7.55. The molecule has 3 heterocycles. The molecule has 4 heteroatoms. The first-order chi connectivity index (χ1) is 9.70. The van der Waals surface area contributed by atoms with Gasteiger partial charge in [-0.25, -0.2) is 9.97 Å². The number of hydrogen-bond acceptors (Lipinski definition) is 4. The van der Waals surface area contributed by atoms with Crippen molar-refractivity contribution in [2.75, 3.05) is 13.1 Å². The fourth-order valence-corrected chi connectivity index (χ4v) is 3.87. The zero-order chi connectivity index (χ0) is 13.9. The molecule has 1 aliphatic heterocycles. The minimum atomic E-state index is 0.562. The molecule has 0 amide bonds. The summed E-state index contributed by atoms with van der Waals surface area (Å²) in [6.07, 6.45) is 4.40. The van der Waals surface area contributed by atoms with Gasteiger partial charge in [-0.1, -0.05) is 0 Å². The zero-order valence-electron chi connectivity index (χ0n) is 12.2. The van der Waals surface area contributed by atoms with Gasteiger partial charge in [0.15, 0.2) is 0 Å². The number of rotatable bonds is 3. The van der Waals surface area contributed by atoms with Gasteiger partial charge >= 0.3 is 0 Å². The standard InChI is InChI=1S/C16H21N3S/c1-12-5-6-15(20-12)11-19-9-3-4-14(10-19)16-7-8-17-13(2)18-16/h5-8,14H,3-4,9-11H2,1-2H3/t14-/m1/s1. The van der Waals surface area contributed by atoms with E-state index in [1.807, 2.05) is 24.5 Å². The molecule has 2 aromatic rings. The Bertz CT molecular complexity index is 579. The summed E-state index contributed by atoms with van der Waals surface area (Å²) in [5, 5.41) is 0. The van der Waals surface area contributed by atoms with Crippen LogP contribution in [0.15, 0.2) is 24.4 Å². The molecule has 0 aromatic carbocycles. The Labute approximate surface area is 124 Å². The highest BCUT2D eigenvalue weighted by molar-refractivity contribution is 7.11. The molecule has 1 aliphatic rings. The highest BCUT2D eigenvalue weighted by Gasteiger charge is 2.22. The molecular weight excluding hydrogens is 266 g/mol. The van der Waals surface area contributed by atoms with Crippen molar-refractivity contribution >= 4 is 11.3 Å². The second-order valence-corrected chi connectivity index (χ2v) is 6.99. The molecule has 1 saturated heterocycles. The van der Waals surface area contributed by atoms with Gasteiger partial charge in [0.05, 0.1) is 0 Å². The maximum absolute atomic E-state index is 4.61. The highest BCUT2D eigenvalue weighted by Crippen LogP contribution is 2.27. The van der Waals surface area contributed by atoms with Crippen LogP contribution < -0.4 is 0 Å². The van der Waals surface area contributed by atoms with Crippen LogP contribution in [0.1, 0.15) is 40.0 Å². The molecule has 0 unspecified atom stereocenters. The van der Waals surface area contributed by atoms with Crippen LogP contribution in [0, 0.1) is 13.8 Å². The smallest absolute Gasteiger partial charge is 0.125 e. The summed E-state index contributed by atoms with van der Waals surface area (Å²) in [5.74, 6) is 1.44. The van der Waals surface area contributed by atoms with Crippen molar-refractivity contribution < 1.29 is 0 Å². The predicted octanol–water partition coefficient (Wildman–Crippen LogP) is 3.53. The molecule has 0 bridgehead atoms. The lowest BCUT2D eigenvalue weighted by Crippen LogP contribution is -2.34. The largest absolute Gasteiger partial charge is 0.298 e. The van der Waals surface area contributed by atoms with Crippen molar-refractivity contribution in [2.24, 2.45) is 0 Å². The maximum Gasteiger partial charge on any atom is 0.125 e. The Morgan fingerprint density at radius 3 is 2.95 bits per heavy atom. The van der Waals surface area contributed by atoms with Gasteiger partial charge < -0.3 is 0 Å². The molecule has 3 rings (SSSR count). The van der Waals surface area contributed by atoms with Gasteiger partial charge in [-0.15, -0.1) is 11.3 Å². The van der Waals surface area contributed by atoms with E-state index < -0.39 is 0 Å². The quantitative estimate of drug-likeness (QED) is 0.864. The Balaban J connectivity index is 1.67. The Morgan fingerprint density at radius 1 is 1.30 bits per heavy atom. The predicted molar refractivity (Wildman–Crippen MR) is 83.1 cm³/mol. The van der Waals surface area contributed by atoms with Gasteiger partial charge in [-0.3, -0.25) is 4.90 Å². The maximum atomic E-state index is 4.61. The van der Waals surface area contributed by atoms with E-state index in [2.05, 4.69) is 40.0 Å². The lowest BCUT2D eigenvalue weighted by atomic mass is 9.94. The SMILES string of the molecule is Cc1nccc([C@@H]2CCCN(Cc3ccc(C)s3)C2)n1. The van der Waals surface area contributed by atoms with Gasteiger partial charge in [-0.2, -0.15) is 0 Å². The number of aromatic nitrogens is 2. The number of hydrogen-bond donors (Lipinski definition) is 0. The molecule has 2 aromatic heterocycles. The van der Waals surface area contributed by atoms with E-state index in [0.29, 0.717) is 5.92 Å². The van der Waals surface area contributed by atoms with Crippen LogP contribution in [0.25, 0.3) is 0 Å². The van der Waals surface area contributed by atoms with Gasteiger partial charge in [0, 0.05) is 40.7 Å². The first-order valence-electron chi connectivity index (χ1n) is 7.28. The first-order valence-corrected chi connectivity index (χ1v) is 8.09. The Kier molecular flexibility index (Phi) is 4.13. The van der Waals surface area contributed by atoms with E-state index in [0.717, 1.165) is 18.9 Å². The lowest BCUT2D eigenvalue weighted by molar-refractivity contribution is 0.200. The lowest BCUT2D eigenvalue weighted by Gasteiger charge is -2.32. The molecule has 0 saturated carbocycles. The summed E-state index contributed by atoms with van der Waals surface area (Å²) in [7, 11) is 0. The van der Waals surface area contributed by atoms with E-state index >= 15 is 0 Å². The number of piperidine rings is 1. The summed E-state index contributed by atoms with van der Waals surface area (Å²) in [5.41, 5.74) is 1.21. The average Bonchev–Trinajstić information content (AvgIpc) is 2.84.